The molecule has 2 aliphatic carbocycles. The van der Waals surface area contributed by atoms with Crippen LogP contribution in [-0.2, 0) is 6.54 Å². The predicted molar refractivity (Wildman–Crippen MR) is 71.0 cm³/mol. The Balaban J connectivity index is 1.61. The van der Waals surface area contributed by atoms with Gasteiger partial charge in [0.05, 0.1) is 0 Å². The van der Waals surface area contributed by atoms with E-state index in [9.17, 15) is 4.79 Å². The number of nitrogens with one attached hydrogen (secondary N) is 1. The molecule has 2 saturated carbocycles. The van der Waals surface area contributed by atoms with Crippen LogP contribution in [0, 0.1) is 11.8 Å². The second kappa shape index (κ2) is 4.73. The lowest BCUT2D eigenvalue weighted by Crippen LogP contribution is -2.32. The fraction of sp³-hybridized carbons (Fsp3) is 0.533. The van der Waals surface area contributed by atoms with E-state index in [1.54, 1.807) is 6.07 Å². The lowest BCUT2D eigenvalue weighted by atomic mass is 10.1. The number of carbonyl (C=O) groups is 1. The molecule has 0 aliphatic heterocycles. The zero-order valence-electron chi connectivity index (χ0n) is 10.6. The molecule has 0 atom stereocenters. The minimum Gasteiger partial charge on any atom is -0.366 e. The Bertz CT molecular complexity index is 438. The van der Waals surface area contributed by atoms with Gasteiger partial charge in [0.25, 0.3) is 0 Å². The predicted octanol–water partition coefficient (Wildman–Crippen LogP) is 2.06. The molecule has 2 fully saturated rings. The van der Waals surface area contributed by atoms with Gasteiger partial charge in [-0.3, -0.25) is 4.79 Å². The summed E-state index contributed by atoms with van der Waals surface area (Å²) in [6, 6.07) is 8.32. The van der Waals surface area contributed by atoms with Gasteiger partial charge in [-0.05, 0) is 55.2 Å². The molecule has 18 heavy (non-hydrogen) atoms. The zero-order chi connectivity index (χ0) is 12.5. The van der Waals surface area contributed by atoms with E-state index in [1.165, 1.54) is 25.7 Å². The monoisotopic (exact) mass is 244 g/mol. The topological polar surface area (TPSA) is 55.1 Å². The van der Waals surface area contributed by atoms with Gasteiger partial charge in [-0.2, -0.15) is 0 Å². The van der Waals surface area contributed by atoms with Crippen LogP contribution in [0.2, 0.25) is 0 Å². The fourth-order valence-corrected chi connectivity index (χ4v) is 2.70. The molecule has 0 spiro atoms. The van der Waals surface area contributed by atoms with E-state index < -0.39 is 0 Å². The first kappa shape index (κ1) is 11.7. The van der Waals surface area contributed by atoms with Crippen LogP contribution in [0.25, 0.3) is 0 Å². The van der Waals surface area contributed by atoms with E-state index in [4.69, 9.17) is 5.73 Å². The Morgan fingerprint density at radius 1 is 1.28 bits per heavy atom. The van der Waals surface area contributed by atoms with Crippen LogP contribution in [0.1, 0.15) is 41.6 Å². The molecule has 0 saturated heterocycles. The van der Waals surface area contributed by atoms with E-state index in [-0.39, 0.29) is 5.91 Å². The lowest BCUT2D eigenvalue weighted by Gasteiger charge is -2.17. The third-order valence-electron chi connectivity index (χ3n) is 4.01. The van der Waals surface area contributed by atoms with Crippen molar-refractivity contribution in [2.45, 2.75) is 38.3 Å². The van der Waals surface area contributed by atoms with Crippen molar-refractivity contribution in [1.29, 1.82) is 0 Å². The number of primary amides is 1. The van der Waals surface area contributed by atoms with Gasteiger partial charge in [-0.15, -0.1) is 0 Å². The summed E-state index contributed by atoms with van der Waals surface area (Å²) in [5, 5.41) is 3.67. The van der Waals surface area contributed by atoms with Crippen LogP contribution in [0.4, 0.5) is 0 Å². The SMILES string of the molecule is NC(=O)c1cccc(CNC(C2CC2)C2CC2)c1. The quantitative estimate of drug-likeness (QED) is 0.804. The third-order valence-corrected chi connectivity index (χ3v) is 4.01. The van der Waals surface area contributed by atoms with Crippen LogP contribution < -0.4 is 11.1 Å². The van der Waals surface area contributed by atoms with Crippen molar-refractivity contribution in [2.75, 3.05) is 0 Å². The molecule has 3 rings (SSSR count). The van der Waals surface area contributed by atoms with Crippen molar-refractivity contribution in [3.05, 3.63) is 35.4 Å². The van der Waals surface area contributed by atoms with Crippen LogP contribution in [0.3, 0.4) is 0 Å². The third kappa shape index (κ3) is 2.72. The maximum atomic E-state index is 11.1. The lowest BCUT2D eigenvalue weighted by molar-refractivity contribution is 0.1000. The van der Waals surface area contributed by atoms with Gasteiger partial charge in [0, 0.05) is 18.2 Å². The number of benzene rings is 1. The summed E-state index contributed by atoms with van der Waals surface area (Å²) in [4.78, 5) is 11.1. The number of amides is 1. The van der Waals surface area contributed by atoms with Crippen LogP contribution >= 0.6 is 0 Å². The maximum absolute atomic E-state index is 11.1. The zero-order valence-corrected chi connectivity index (χ0v) is 10.6. The van der Waals surface area contributed by atoms with Crippen LogP contribution in [0.15, 0.2) is 24.3 Å². The van der Waals surface area contributed by atoms with Gasteiger partial charge in [-0.25, -0.2) is 0 Å². The molecule has 0 aromatic heterocycles. The van der Waals surface area contributed by atoms with Crippen molar-refractivity contribution < 1.29 is 4.79 Å². The molecule has 0 heterocycles. The molecule has 1 aromatic carbocycles. The number of hydrogen-bond acceptors (Lipinski definition) is 2. The Morgan fingerprint density at radius 2 is 1.94 bits per heavy atom. The first-order chi connectivity index (χ1) is 8.74. The summed E-state index contributed by atoms with van der Waals surface area (Å²) >= 11 is 0. The van der Waals surface area contributed by atoms with Gasteiger partial charge in [0.2, 0.25) is 5.91 Å². The number of hydrogen-bond donors (Lipinski definition) is 2. The van der Waals surface area contributed by atoms with Crippen molar-refractivity contribution in [3.8, 4) is 0 Å². The average molecular weight is 244 g/mol. The Kier molecular flexibility index (Phi) is 3.08. The van der Waals surface area contributed by atoms with E-state index in [2.05, 4.69) is 11.4 Å². The minimum atomic E-state index is -0.349. The second-order valence-corrected chi connectivity index (χ2v) is 5.65. The maximum Gasteiger partial charge on any atom is 0.248 e. The minimum absolute atomic E-state index is 0.349. The molecular weight excluding hydrogens is 224 g/mol. The first-order valence-corrected chi connectivity index (χ1v) is 6.86. The standard InChI is InChI=1S/C15H20N2O/c16-15(18)13-3-1-2-10(8-13)9-17-14(11-4-5-11)12-6-7-12/h1-3,8,11-12,14,17H,4-7,9H2,(H2,16,18). The van der Waals surface area contributed by atoms with Gasteiger partial charge in [0.15, 0.2) is 0 Å². The molecule has 1 aromatic rings. The summed E-state index contributed by atoms with van der Waals surface area (Å²) < 4.78 is 0. The van der Waals surface area contributed by atoms with Gasteiger partial charge < -0.3 is 11.1 Å². The molecule has 3 nitrogen and oxygen atoms in total. The van der Waals surface area contributed by atoms with E-state index in [0.717, 1.165) is 23.9 Å². The number of carbonyl (C=O) groups excluding carboxylic acids is 1. The van der Waals surface area contributed by atoms with Crippen molar-refractivity contribution >= 4 is 5.91 Å². The molecular formula is C15H20N2O. The summed E-state index contributed by atoms with van der Waals surface area (Å²) in [5.41, 5.74) is 7.05. The Hall–Kier alpha value is -1.35. The van der Waals surface area contributed by atoms with Gasteiger partial charge in [0.1, 0.15) is 0 Å². The van der Waals surface area contributed by atoms with Crippen molar-refractivity contribution in [2.24, 2.45) is 17.6 Å². The molecule has 3 N–H and O–H groups in total. The van der Waals surface area contributed by atoms with Gasteiger partial charge in [-0.1, -0.05) is 12.1 Å². The highest BCUT2D eigenvalue weighted by Gasteiger charge is 2.40. The average Bonchev–Trinajstić information content (AvgIpc) is 3.23. The van der Waals surface area contributed by atoms with E-state index in [1.807, 2.05) is 12.1 Å². The highest BCUT2D eigenvalue weighted by atomic mass is 16.1. The summed E-state index contributed by atoms with van der Waals surface area (Å²) in [6.45, 7) is 0.846. The first-order valence-electron chi connectivity index (χ1n) is 6.86. The van der Waals surface area contributed by atoms with Crippen LogP contribution in [0.5, 0.6) is 0 Å². The molecule has 0 radical (unpaired) electrons. The molecule has 0 unspecified atom stereocenters. The molecule has 3 heteroatoms. The molecule has 0 bridgehead atoms. The van der Waals surface area contributed by atoms with Crippen LogP contribution in [-0.4, -0.2) is 11.9 Å². The van der Waals surface area contributed by atoms with Gasteiger partial charge >= 0.3 is 0 Å². The van der Waals surface area contributed by atoms with E-state index in [0.29, 0.717) is 11.6 Å². The number of rotatable bonds is 6. The Labute approximate surface area is 108 Å². The largest absolute Gasteiger partial charge is 0.366 e. The summed E-state index contributed by atoms with van der Waals surface area (Å²) in [7, 11) is 0. The molecule has 1 amide bonds. The fourth-order valence-electron chi connectivity index (χ4n) is 2.70. The normalized spacial score (nSPS) is 19.2. The highest BCUT2D eigenvalue weighted by molar-refractivity contribution is 5.92. The summed E-state index contributed by atoms with van der Waals surface area (Å²) in [5.74, 6) is 1.45. The molecule has 2 aliphatic rings. The van der Waals surface area contributed by atoms with Crippen molar-refractivity contribution in [1.82, 2.24) is 5.32 Å². The van der Waals surface area contributed by atoms with Crippen molar-refractivity contribution in [3.63, 3.8) is 0 Å². The Morgan fingerprint density at radius 3 is 2.50 bits per heavy atom. The van der Waals surface area contributed by atoms with E-state index >= 15 is 0 Å². The molecule has 96 valence electrons. The highest BCUT2D eigenvalue weighted by Crippen LogP contribution is 2.44. The summed E-state index contributed by atoms with van der Waals surface area (Å²) in [6.07, 6.45) is 5.54. The number of nitrogens with two attached hydrogens (primary N) is 1. The smallest absolute Gasteiger partial charge is 0.248 e. The second-order valence-electron chi connectivity index (χ2n) is 5.65.